The van der Waals surface area contributed by atoms with Crippen molar-refractivity contribution >= 4 is 28.3 Å². The molecule has 0 spiro atoms. The molecule has 2 aromatic carbocycles. The maximum atomic E-state index is 12.8. The van der Waals surface area contributed by atoms with Crippen molar-refractivity contribution in [1.29, 1.82) is 0 Å². The average Bonchev–Trinajstić information content (AvgIpc) is 3.33. The molecule has 2 heterocycles. The third kappa shape index (κ3) is 8.12. The highest BCUT2D eigenvalue weighted by Crippen LogP contribution is 2.18. The number of carbonyl (C=O) groups is 2. The van der Waals surface area contributed by atoms with E-state index in [0.717, 1.165) is 42.8 Å². The summed E-state index contributed by atoms with van der Waals surface area (Å²) in [5, 5.41) is 18.8. The molecular formula is C27H31N5O2S. The number of amides is 2. The molecule has 182 valence electrons. The minimum atomic E-state index is -0.290. The van der Waals surface area contributed by atoms with Crippen molar-refractivity contribution in [3.63, 3.8) is 0 Å². The van der Waals surface area contributed by atoms with E-state index < -0.39 is 0 Å². The number of rotatable bonds is 10. The molecule has 0 radical (unpaired) electrons. The molecule has 2 amide bonds. The zero-order valence-electron chi connectivity index (χ0n) is 19.7. The minimum absolute atomic E-state index is 0.0116. The summed E-state index contributed by atoms with van der Waals surface area (Å²) in [6.45, 7) is 0.860. The first kappa shape index (κ1) is 24.8. The van der Waals surface area contributed by atoms with Gasteiger partial charge in [0, 0.05) is 18.5 Å². The van der Waals surface area contributed by atoms with Gasteiger partial charge in [-0.3, -0.25) is 14.9 Å². The van der Waals surface area contributed by atoms with E-state index in [-0.39, 0.29) is 23.9 Å². The van der Waals surface area contributed by atoms with Crippen LogP contribution in [-0.2, 0) is 22.4 Å². The third-order valence-corrected chi connectivity index (χ3v) is 6.76. The highest BCUT2D eigenvalue weighted by molar-refractivity contribution is 7.15. The molecule has 1 fully saturated rings. The standard InChI is InChI=1S/C27H31N5O2S/c33-24(30-27-32-31-25(35-27)19-21-11-5-2-6-12-21)17-16-22(15-14-20-9-3-1-4-10-20)29-26(34)23-13-7-8-18-28-23/h1-6,9-12,16-17,22-23,28H,7-8,13-15,18-19H2,(H,29,34)(H,30,32,33)/b17-16+/t22-,23?/m0/s1. The summed E-state index contributed by atoms with van der Waals surface area (Å²) in [6, 6.07) is 19.7. The van der Waals surface area contributed by atoms with Crippen molar-refractivity contribution in [1.82, 2.24) is 20.8 Å². The molecule has 0 bridgehead atoms. The number of anilines is 1. The van der Waals surface area contributed by atoms with Gasteiger partial charge >= 0.3 is 0 Å². The summed E-state index contributed by atoms with van der Waals surface area (Å²) < 4.78 is 0. The van der Waals surface area contributed by atoms with Gasteiger partial charge in [-0.15, -0.1) is 10.2 Å². The molecular weight excluding hydrogens is 458 g/mol. The number of aryl methyl sites for hydroxylation is 1. The molecule has 1 saturated heterocycles. The quantitative estimate of drug-likeness (QED) is 0.376. The highest BCUT2D eigenvalue weighted by atomic mass is 32.1. The van der Waals surface area contributed by atoms with Gasteiger partial charge in [0.1, 0.15) is 5.01 Å². The molecule has 7 nitrogen and oxygen atoms in total. The summed E-state index contributed by atoms with van der Waals surface area (Å²) in [4.78, 5) is 25.3. The largest absolute Gasteiger partial charge is 0.349 e. The van der Waals surface area contributed by atoms with Crippen LogP contribution >= 0.6 is 11.3 Å². The van der Waals surface area contributed by atoms with Gasteiger partial charge in [0.25, 0.3) is 0 Å². The van der Waals surface area contributed by atoms with Crippen LogP contribution in [0.4, 0.5) is 5.13 Å². The van der Waals surface area contributed by atoms with E-state index in [2.05, 4.69) is 38.3 Å². The van der Waals surface area contributed by atoms with Gasteiger partial charge in [-0.2, -0.15) is 0 Å². The van der Waals surface area contributed by atoms with Gasteiger partial charge in [0.15, 0.2) is 0 Å². The first-order valence-electron chi connectivity index (χ1n) is 12.1. The number of aromatic nitrogens is 2. The molecule has 1 aromatic heterocycles. The third-order valence-electron chi connectivity index (χ3n) is 5.92. The lowest BCUT2D eigenvalue weighted by Gasteiger charge is -2.25. The second kappa shape index (κ2) is 12.9. The van der Waals surface area contributed by atoms with E-state index in [1.54, 1.807) is 6.08 Å². The Morgan fingerprint density at radius 3 is 2.49 bits per heavy atom. The van der Waals surface area contributed by atoms with Gasteiger partial charge in [-0.25, -0.2) is 0 Å². The van der Waals surface area contributed by atoms with Crippen LogP contribution in [0.15, 0.2) is 72.8 Å². The Balaban J connectivity index is 1.34. The molecule has 1 aliphatic rings. The summed E-state index contributed by atoms with van der Waals surface area (Å²) >= 11 is 1.36. The molecule has 1 aliphatic heterocycles. The molecule has 8 heteroatoms. The second-order valence-electron chi connectivity index (χ2n) is 8.65. The maximum Gasteiger partial charge on any atom is 0.249 e. The predicted octanol–water partition coefficient (Wildman–Crippen LogP) is 3.88. The van der Waals surface area contributed by atoms with Gasteiger partial charge in [0.05, 0.1) is 6.04 Å². The Bertz CT molecular complexity index is 1110. The number of hydrogen-bond acceptors (Lipinski definition) is 6. The summed E-state index contributed by atoms with van der Waals surface area (Å²) in [5.74, 6) is -0.301. The monoisotopic (exact) mass is 489 g/mol. The Hall–Kier alpha value is -3.36. The van der Waals surface area contributed by atoms with Crippen molar-refractivity contribution in [2.24, 2.45) is 0 Å². The Labute approximate surface area is 210 Å². The molecule has 3 N–H and O–H groups in total. The first-order chi connectivity index (χ1) is 17.2. The molecule has 4 rings (SSSR count). The van der Waals surface area contributed by atoms with Crippen LogP contribution in [0.5, 0.6) is 0 Å². The molecule has 0 saturated carbocycles. The fraction of sp³-hybridized carbons (Fsp3) is 0.333. The first-order valence-corrected chi connectivity index (χ1v) is 12.9. The van der Waals surface area contributed by atoms with Crippen LogP contribution in [0.1, 0.15) is 41.8 Å². The average molecular weight is 490 g/mol. The second-order valence-corrected chi connectivity index (χ2v) is 9.72. The number of carbonyl (C=O) groups excluding carboxylic acids is 2. The van der Waals surface area contributed by atoms with Gasteiger partial charge in [0.2, 0.25) is 16.9 Å². The number of benzene rings is 2. The molecule has 1 unspecified atom stereocenters. The van der Waals surface area contributed by atoms with E-state index in [4.69, 9.17) is 0 Å². The van der Waals surface area contributed by atoms with Gasteiger partial charge in [-0.1, -0.05) is 84.5 Å². The number of nitrogens with zero attached hydrogens (tertiary/aromatic N) is 2. The summed E-state index contributed by atoms with van der Waals surface area (Å²) in [7, 11) is 0. The fourth-order valence-electron chi connectivity index (χ4n) is 4.04. The molecule has 0 aliphatic carbocycles. The molecule has 3 aromatic rings. The maximum absolute atomic E-state index is 12.8. The fourth-order valence-corrected chi connectivity index (χ4v) is 4.82. The Kier molecular flexibility index (Phi) is 9.14. The van der Waals surface area contributed by atoms with Crippen LogP contribution in [-0.4, -0.2) is 40.6 Å². The van der Waals surface area contributed by atoms with Crippen LogP contribution in [0.25, 0.3) is 0 Å². The molecule has 35 heavy (non-hydrogen) atoms. The van der Waals surface area contributed by atoms with Gasteiger partial charge in [-0.05, 0) is 43.4 Å². The number of hydrogen-bond donors (Lipinski definition) is 3. The number of piperidine rings is 1. The lowest BCUT2D eigenvalue weighted by atomic mass is 10.0. The summed E-state index contributed by atoms with van der Waals surface area (Å²) in [6.07, 6.45) is 8.40. The smallest absolute Gasteiger partial charge is 0.249 e. The topological polar surface area (TPSA) is 96.0 Å². The lowest BCUT2D eigenvalue weighted by Crippen LogP contribution is -2.49. The normalized spacial score (nSPS) is 16.6. The van der Waals surface area contributed by atoms with Crippen LogP contribution < -0.4 is 16.0 Å². The van der Waals surface area contributed by atoms with Crippen molar-refractivity contribution in [2.45, 2.75) is 50.6 Å². The Morgan fingerprint density at radius 2 is 1.77 bits per heavy atom. The molecule has 2 atom stereocenters. The van der Waals surface area contributed by atoms with Crippen LogP contribution in [0.3, 0.4) is 0 Å². The van der Waals surface area contributed by atoms with Crippen molar-refractivity contribution in [3.8, 4) is 0 Å². The Morgan fingerprint density at radius 1 is 1.03 bits per heavy atom. The number of nitrogens with one attached hydrogen (secondary N) is 3. The van der Waals surface area contributed by atoms with Gasteiger partial charge < -0.3 is 10.6 Å². The van der Waals surface area contributed by atoms with E-state index in [0.29, 0.717) is 18.0 Å². The zero-order valence-corrected chi connectivity index (χ0v) is 20.5. The summed E-state index contributed by atoms with van der Waals surface area (Å²) in [5.41, 5.74) is 2.34. The highest BCUT2D eigenvalue weighted by Gasteiger charge is 2.22. The van der Waals surface area contributed by atoms with Crippen LogP contribution in [0, 0.1) is 0 Å². The van der Waals surface area contributed by atoms with E-state index in [1.165, 1.54) is 23.0 Å². The zero-order chi connectivity index (χ0) is 24.3. The van der Waals surface area contributed by atoms with E-state index in [9.17, 15) is 9.59 Å². The van der Waals surface area contributed by atoms with E-state index >= 15 is 0 Å². The lowest BCUT2D eigenvalue weighted by molar-refractivity contribution is -0.124. The minimum Gasteiger partial charge on any atom is -0.349 e. The SMILES string of the molecule is O=C(/C=C/[C@H](CCc1ccccc1)NC(=O)C1CCCCN1)Nc1nnc(Cc2ccccc2)s1. The van der Waals surface area contributed by atoms with Crippen molar-refractivity contribution in [2.75, 3.05) is 11.9 Å². The predicted molar refractivity (Wildman–Crippen MR) is 139 cm³/mol. The van der Waals surface area contributed by atoms with Crippen molar-refractivity contribution < 1.29 is 9.59 Å². The van der Waals surface area contributed by atoms with Crippen molar-refractivity contribution in [3.05, 3.63) is 89.0 Å². The van der Waals surface area contributed by atoms with Crippen LogP contribution in [0.2, 0.25) is 0 Å². The van der Waals surface area contributed by atoms with E-state index in [1.807, 2.05) is 48.5 Å².